The summed E-state index contributed by atoms with van der Waals surface area (Å²) >= 11 is 3.18. The normalized spacial score (nSPS) is 26.1. The largest absolute Gasteiger partial charge is 0.454 e. The molecule has 0 radical (unpaired) electrons. The Bertz CT molecular complexity index is 130. The predicted octanol–water partition coefficient (Wildman–Crippen LogP) is 0.863. The van der Waals surface area contributed by atoms with Crippen LogP contribution >= 0.6 is 15.9 Å². The Hall–Kier alpha value is -0.310. The highest BCUT2D eigenvalue weighted by Crippen LogP contribution is 2.06. The van der Waals surface area contributed by atoms with Gasteiger partial charge < -0.3 is 4.74 Å². The first-order valence-electron chi connectivity index (χ1n) is 2.27. The smallest absolute Gasteiger partial charge is 0.331 e. The maximum atomic E-state index is 10.3. The molecule has 0 aromatic carbocycles. The van der Waals surface area contributed by atoms with E-state index < -0.39 is 0 Å². The molecular weight excluding hydrogens is 172 g/mol. The molecule has 0 aliphatic carbocycles. The molecule has 0 aromatic heterocycles. The third-order valence-corrected chi connectivity index (χ3v) is 1.50. The molecule has 0 fully saturated rings. The molecular formula is C5H5BrO2. The van der Waals surface area contributed by atoms with Gasteiger partial charge in [0.05, 0.1) is 0 Å². The number of halogens is 1. The lowest BCUT2D eigenvalue weighted by molar-refractivity contribution is -0.137. The molecule has 2 nitrogen and oxygen atoms in total. The molecule has 0 spiro atoms. The molecule has 1 aliphatic rings. The zero-order chi connectivity index (χ0) is 5.98. The SMILES string of the molecule is O=C1C=CC(CBr)O1. The van der Waals surface area contributed by atoms with Crippen LogP contribution < -0.4 is 0 Å². The molecule has 0 saturated carbocycles. The van der Waals surface area contributed by atoms with E-state index in [2.05, 4.69) is 15.9 Å². The maximum Gasteiger partial charge on any atom is 0.331 e. The summed E-state index contributed by atoms with van der Waals surface area (Å²) in [5, 5.41) is 0.690. The predicted molar refractivity (Wildman–Crippen MR) is 32.8 cm³/mol. The zero-order valence-corrected chi connectivity index (χ0v) is 5.72. The van der Waals surface area contributed by atoms with Crippen LogP contribution in [-0.4, -0.2) is 17.4 Å². The van der Waals surface area contributed by atoms with E-state index in [1.165, 1.54) is 6.08 Å². The molecule has 0 aromatic rings. The second-order valence-electron chi connectivity index (χ2n) is 1.49. The van der Waals surface area contributed by atoms with Gasteiger partial charge in [0.1, 0.15) is 6.10 Å². The van der Waals surface area contributed by atoms with Gasteiger partial charge in [0, 0.05) is 11.4 Å². The fourth-order valence-corrected chi connectivity index (χ4v) is 0.845. The van der Waals surface area contributed by atoms with E-state index in [-0.39, 0.29) is 12.1 Å². The first-order valence-corrected chi connectivity index (χ1v) is 3.40. The van der Waals surface area contributed by atoms with Crippen LogP contribution in [0.4, 0.5) is 0 Å². The summed E-state index contributed by atoms with van der Waals surface area (Å²) in [6.45, 7) is 0. The minimum absolute atomic E-state index is 0.0394. The molecule has 0 bridgehead atoms. The van der Waals surface area contributed by atoms with Crippen molar-refractivity contribution in [3.05, 3.63) is 12.2 Å². The van der Waals surface area contributed by atoms with Gasteiger partial charge in [0.25, 0.3) is 0 Å². The van der Waals surface area contributed by atoms with Crippen LogP contribution in [0.25, 0.3) is 0 Å². The Morgan fingerprint density at radius 3 is 2.88 bits per heavy atom. The number of esters is 1. The van der Waals surface area contributed by atoms with E-state index in [0.29, 0.717) is 5.33 Å². The number of carbonyl (C=O) groups excluding carboxylic acids is 1. The number of rotatable bonds is 1. The molecule has 1 aliphatic heterocycles. The Kier molecular flexibility index (Phi) is 1.68. The lowest BCUT2D eigenvalue weighted by atomic mass is 10.4. The lowest BCUT2D eigenvalue weighted by Crippen LogP contribution is -2.07. The fourth-order valence-electron chi connectivity index (χ4n) is 0.497. The van der Waals surface area contributed by atoms with E-state index in [0.717, 1.165) is 0 Å². The summed E-state index contributed by atoms with van der Waals surface area (Å²) in [5.41, 5.74) is 0. The summed E-state index contributed by atoms with van der Waals surface area (Å²) in [4.78, 5) is 10.3. The van der Waals surface area contributed by atoms with Crippen molar-refractivity contribution in [2.45, 2.75) is 6.10 Å². The van der Waals surface area contributed by atoms with E-state index >= 15 is 0 Å². The molecule has 1 heterocycles. The summed E-state index contributed by atoms with van der Waals surface area (Å²) in [6, 6.07) is 0. The van der Waals surface area contributed by atoms with Crippen molar-refractivity contribution in [2.75, 3.05) is 5.33 Å². The quantitative estimate of drug-likeness (QED) is 0.438. The van der Waals surface area contributed by atoms with Crippen molar-refractivity contribution >= 4 is 21.9 Å². The highest BCUT2D eigenvalue weighted by molar-refractivity contribution is 9.09. The van der Waals surface area contributed by atoms with Gasteiger partial charge in [-0.1, -0.05) is 15.9 Å². The van der Waals surface area contributed by atoms with Gasteiger partial charge in [-0.2, -0.15) is 0 Å². The summed E-state index contributed by atoms with van der Waals surface area (Å²) in [7, 11) is 0. The van der Waals surface area contributed by atoms with Crippen LogP contribution in [0.1, 0.15) is 0 Å². The van der Waals surface area contributed by atoms with E-state index in [1.54, 1.807) is 6.08 Å². The monoisotopic (exact) mass is 176 g/mol. The number of hydrogen-bond donors (Lipinski definition) is 0. The third-order valence-electron chi connectivity index (χ3n) is 0.867. The van der Waals surface area contributed by atoms with Crippen molar-refractivity contribution in [2.24, 2.45) is 0 Å². The van der Waals surface area contributed by atoms with Crippen LogP contribution in [0.5, 0.6) is 0 Å². The second kappa shape index (κ2) is 2.31. The Labute approximate surface area is 55.6 Å². The van der Waals surface area contributed by atoms with Crippen LogP contribution in [-0.2, 0) is 9.53 Å². The van der Waals surface area contributed by atoms with Crippen LogP contribution in [0.3, 0.4) is 0 Å². The van der Waals surface area contributed by atoms with E-state index in [9.17, 15) is 4.79 Å². The van der Waals surface area contributed by atoms with Gasteiger partial charge >= 0.3 is 5.97 Å². The standard InChI is InChI=1S/C5H5BrO2/c6-3-4-1-2-5(7)8-4/h1-2,4H,3H2. The molecule has 8 heavy (non-hydrogen) atoms. The fraction of sp³-hybridized carbons (Fsp3) is 0.400. The van der Waals surface area contributed by atoms with Crippen molar-refractivity contribution in [1.82, 2.24) is 0 Å². The van der Waals surface area contributed by atoms with E-state index in [4.69, 9.17) is 4.74 Å². The number of carbonyl (C=O) groups is 1. The minimum atomic E-state index is -0.241. The molecule has 0 N–H and O–H groups in total. The van der Waals surface area contributed by atoms with Gasteiger partial charge in [-0.3, -0.25) is 0 Å². The van der Waals surface area contributed by atoms with Crippen LogP contribution in [0.15, 0.2) is 12.2 Å². The van der Waals surface area contributed by atoms with Gasteiger partial charge in [0.15, 0.2) is 0 Å². The minimum Gasteiger partial charge on any atom is -0.454 e. The molecule has 1 unspecified atom stereocenters. The number of alkyl halides is 1. The number of hydrogen-bond acceptors (Lipinski definition) is 2. The van der Waals surface area contributed by atoms with Crippen molar-refractivity contribution in [1.29, 1.82) is 0 Å². The van der Waals surface area contributed by atoms with Crippen molar-refractivity contribution in [3.63, 3.8) is 0 Å². The lowest BCUT2D eigenvalue weighted by Gasteiger charge is -2.00. The number of cyclic esters (lactones) is 1. The third kappa shape index (κ3) is 1.10. The highest BCUT2D eigenvalue weighted by atomic mass is 79.9. The van der Waals surface area contributed by atoms with Crippen LogP contribution in [0.2, 0.25) is 0 Å². The summed E-state index contributed by atoms with van der Waals surface area (Å²) < 4.78 is 4.71. The van der Waals surface area contributed by atoms with Gasteiger partial charge in [0.2, 0.25) is 0 Å². The molecule has 1 rings (SSSR count). The maximum absolute atomic E-state index is 10.3. The van der Waals surface area contributed by atoms with Crippen molar-refractivity contribution < 1.29 is 9.53 Å². The molecule has 0 saturated heterocycles. The summed E-state index contributed by atoms with van der Waals surface area (Å²) in [6.07, 6.45) is 3.13. The molecule has 1 atom stereocenters. The van der Waals surface area contributed by atoms with E-state index in [1.807, 2.05) is 0 Å². The molecule has 3 heteroatoms. The average molecular weight is 177 g/mol. The Morgan fingerprint density at radius 1 is 1.88 bits per heavy atom. The second-order valence-corrected chi connectivity index (χ2v) is 2.14. The van der Waals surface area contributed by atoms with Crippen LogP contribution in [0, 0.1) is 0 Å². The average Bonchev–Trinajstić information content (AvgIpc) is 2.14. The molecule has 44 valence electrons. The zero-order valence-electron chi connectivity index (χ0n) is 4.13. The topological polar surface area (TPSA) is 26.3 Å². The van der Waals surface area contributed by atoms with Crippen molar-refractivity contribution in [3.8, 4) is 0 Å². The first kappa shape index (κ1) is 5.82. The summed E-state index contributed by atoms with van der Waals surface area (Å²) in [5.74, 6) is -0.241. The highest BCUT2D eigenvalue weighted by Gasteiger charge is 2.13. The Morgan fingerprint density at radius 2 is 2.62 bits per heavy atom. The first-order chi connectivity index (χ1) is 3.83. The number of ether oxygens (including phenoxy) is 1. The molecule has 0 amide bonds. The van der Waals surface area contributed by atoms with Gasteiger partial charge in [-0.25, -0.2) is 4.79 Å². The van der Waals surface area contributed by atoms with Gasteiger partial charge in [-0.15, -0.1) is 0 Å². The van der Waals surface area contributed by atoms with Gasteiger partial charge in [-0.05, 0) is 6.08 Å². The Balaban J connectivity index is 2.46.